The van der Waals surface area contributed by atoms with Crippen molar-refractivity contribution >= 4 is 11.7 Å². The van der Waals surface area contributed by atoms with Crippen molar-refractivity contribution in [1.29, 1.82) is 0 Å². The van der Waals surface area contributed by atoms with Crippen LogP contribution in [0.5, 0.6) is 0 Å². The maximum atomic E-state index is 12.7. The molecule has 0 fully saturated rings. The molecule has 7 nitrogen and oxygen atoms in total. The van der Waals surface area contributed by atoms with Crippen LogP contribution >= 0.6 is 0 Å². The Bertz CT molecular complexity index is 1240. The number of hydrogen-bond donors (Lipinski definition) is 2. The molecule has 2 heterocycles. The molecule has 5 rings (SSSR count). The smallest absolute Gasteiger partial charge is 0.274 e. The highest BCUT2D eigenvalue weighted by Gasteiger charge is 2.25. The minimum absolute atomic E-state index is 0.0739. The van der Waals surface area contributed by atoms with Crippen LogP contribution in [0.2, 0.25) is 0 Å². The van der Waals surface area contributed by atoms with E-state index >= 15 is 0 Å². The molecule has 0 bridgehead atoms. The summed E-state index contributed by atoms with van der Waals surface area (Å²) in [7, 11) is 0. The zero-order valence-electron chi connectivity index (χ0n) is 14.9. The number of benzene rings is 2. The van der Waals surface area contributed by atoms with E-state index in [1.807, 2.05) is 18.2 Å². The van der Waals surface area contributed by atoms with Crippen molar-refractivity contribution < 1.29 is 4.79 Å². The van der Waals surface area contributed by atoms with E-state index in [1.54, 1.807) is 0 Å². The van der Waals surface area contributed by atoms with Gasteiger partial charge in [0, 0.05) is 6.07 Å². The molecule has 0 aliphatic heterocycles. The molecule has 138 valence electrons. The van der Waals surface area contributed by atoms with Crippen LogP contribution in [0.15, 0.2) is 65.7 Å². The molecule has 7 heteroatoms. The normalized spacial score (nSPS) is 15.5. The number of amides is 1. The van der Waals surface area contributed by atoms with Crippen molar-refractivity contribution in [2.45, 2.75) is 18.9 Å². The van der Waals surface area contributed by atoms with Crippen molar-refractivity contribution in [3.8, 4) is 11.1 Å². The molecule has 1 aliphatic rings. The van der Waals surface area contributed by atoms with Gasteiger partial charge >= 0.3 is 0 Å². The summed E-state index contributed by atoms with van der Waals surface area (Å²) in [6, 6.07) is 17.7. The van der Waals surface area contributed by atoms with E-state index in [4.69, 9.17) is 0 Å². The Balaban J connectivity index is 1.44. The zero-order valence-corrected chi connectivity index (χ0v) is 14.9. The van der Waals surface area contributed by atoms with E-state index in [0.717, 1.165) is 29.5 Å². The van der Waals surface area contributed by atoms with Crippen LogP contribution in [0.4, 0.5) is 0 Å². The summed E-state index contributed by atoms with van der Waals surface area (Å²) in [5, 5.41) is 5.69. The highest BCUT2D eigenvalue weighted by molar-refractivity contribution is 5.93. The first-order valence-corrected chi connectivity index (χ1v) is 9.11. The van der Waals surface area contributed by atoms with Gasteiger partial charge in [-0.1, -0.05) is 42.5 Å². The molecule has 2 aromatic heterocycles. The molecule has 2 aromatic carbocycles. The van der Waals surface area contributed by atoms with E-state index in [2.05, 4.69) is 50.7 Å². The molecule has 28 heavy (non-hydrogen) atoms. The van der Waals surface area contributed by atoms with Crippen LogP contribution in [0, 0.1) is 0 Å². The van der Waals surface area contributed by atoms with Gasteiger partial charge in [0.1, 0.15) is 12.0 Å². The summed E-state index contributed by atoms with van der Waals surface area (Å²) in [5.74, 6) is -0.193. The largest absolute Gasteiger partial charge is 0.344 e. The molecule has 1 amide bonds. The molecule has 1 atom stereocenters. The first-order chi connectivity index (χ1) is 13.7. The number of aromatic nitrogens is 4. The third kappa shape index (κ3) is 2.77. The lowest BCUT2D eigenvalue weighted by molar-refractivity contribution is 0.0931. The summed E-state index contributed by atoms with van der Waals surface area (Å²) < 4.78 is 1.19. The van der Waals surface area contributed by atoms with Gasteiger partial charge in [0.25, 0.3) is 17.2 Å². The average Bonchev–Trinajstić information content (AvgIpc) is 3.36. The van der Waals surface area contributed by atoms with Crippen LogP contribution in [-0.4, -0.2) is 25.5 Å². The molecule has 1 aliphatic carbocycles. The molecular formula is C21H17N5O2. The topological polar surface area (TPSA) is 92.2 Å². The number of aryl methyl sites for hydroxylation is 1. The second kappa shape index (κ2) is 6.45. The van der Waals surface area contributed by atoms with Crippen molar-refractivity contribution in [1.82, 2.24) is 24.9 Å². The van der Waals surface area contributed by atoms with Crippen LogP contribution < -0.4 is 10.9 Å². The Morgan fingerprint density at radius 2 is 1.96 bits per heavy atom. The number of H-pyrrole nitrogens is 1. The number of rotatable bonds is 3. The Morgan fingerprint density at radius 1 is 1.11 bits per heavy atom. The first kappa shape index (κ1) is 16.4. The highest BCUT2D eigenvalue weighted by Crippen LogP contribution is 2.34. The van der Waals surface area contributed by atoms with Gasteiger partial charge < -0.3 is 5.32 Å². The Labute approximate surface area is 160 Å². The SMILES string of the molecule is O=C(NC1CCc2ccc(-c3ccccc3)cc21)c1cc(=O)n2[nH]cnc2n1. The van der Waals surface area contributed by atoms with Crippen molar-refractivity contribution in [3.63, 3.8) is 0 Å². The van der Waals surface area contributed by atoms with Crippen LogP contribution in [-0.2, 0) is 6.42 Å². The third-order valence-electron chi connectivity index (χ3n) is 5.14. The molecule has 1 unspecified atom stereocenters. The molecular weight excluding hydrogens is 354 g/mol. The fourth-order valence-electron chi connectivity index (χ4n) is 3.73. The van der Waals surface area contributed by atoms with Crippen LogP contribution in [0.1, 0.15) is 34.1 Å². The predicted molar refractivity (Wildman–Crippen MR) is 104 cm³/mol. The zero-order chi connectivity index (χ0) is 19.1. The second-order valence-corrected chi connectivity index (χ2v) is 6.85. The van der Waals surface area contributed by atoms with Crippen molar-refractivity contribution in [3.05, 3.63) is 88.1 Å². The van der Waals surface area contributed by atoms with E-state index in [1.165, 1.54) is 22.5 Å². The molecule has 0 saturated carbocycles. The van der Waals surface area contributed by atoms with Crippen LogP contribution in [0.3, 0.4) is 0 Å². The van der Waals surface area contributed by atoms with Crippen molar-refractivity contribution in [2.75, 3.05) is 0 Å². The standard InChI is InChI=1S/C21H17N5O2/c27-19-11-18(25-21-22-12-23-26(19)21)20(28)24-17-9-8-14-6-7-15(10-16(14)17)13-4-2-1-3-5-13/h1-7,10-12,17H,8-9H2,(H,24,28)(H,22,23,25). The number of nitrogens with one attached hydrogen (secondary N) is 2. The summed E-state index contributed by atoms with van der Waals surface area (Å²) >= 11 is 0. The number of carbonyl (C=O) groups excluding carboxylic acids is 1. The Morgan fingerprint density at radius 3 is 2.82 bits per heavy atom. The maximum absolute atomic E-state index is 12.7. The van der Waals surface area contributed by atoms with Gasteiger partial charge in [0.2, 0.25) is 0 Å². The molecule has 0 spiro atoms. The maximum Gasteiger partial charge on any atom is 0.274 e. The fraction of sp³-hybridized carbons (Fsp3) is 0.143. The Hall–Kier alpha value is -3.74. The second-order valence-electron chi connectivity index (χ2n) is 6.85. The quantitative estimate of drug-likeness (QED) is 0.579. The lowest BCUT2D eigenvalue weighted by Crippen LogP contribution is -2.30. The van der Waals surface area contributed by atoms with Gasteiger partial charge in [-0.05, 0) is 41.2 Å². The van der Waals surface area contributed by atoms with Gasteiger partial charge in [0.05, 0.1) is 6.04 Å². The summed E-state index contributed by atoms with van der Waals surface area (Å²) in [4.78, 5) is 32.9. The number of fused-ring (bicyclic) bond motifs is 2. The van der Waals surface area contributed by atoms with Gasteiger partial charge in [0.15, 0.2) is 0 Å². The molecule has 2 N–H and O–H groups in total. The number of aromatic amines is 1. The van der Waals surface area contributed by atoms with E-state index in [0.29, 0.717) is 0 Å². The molecule has 0 saturated heterocycles. The van der Waals surface area contributed by atoms with Crippen LogP contribution in [0.25, 0.3) is 16.9 Å². The van der Waals surface area contributed by atoms with Gasteiger partial charge in [-0.2, -0.15) is 4.52 Å². The summed E-state index contributed by atoms with van der Waals surface area (Å²) in [6.45, 7) is 0. The number of hydrogen-bond acceptors (Lipinski definition) is 4. The predicted octanol–water partition coefficient (Wildman–Crippen LogP) is 2.50. The van der Waals surface area contributed by atoms with Crippen molar-refractivity contribution in [2.24, 2.45) is 0 Å². The minimum atomic E-state index is -0.370. The van der Waals surface area contributed by atoms with Gasteiger partial charge in [-0.25, -0.2) is 9.97 Å². The lowest BCUT2D eigenvalue weighted by Gasteiger charge is -2.15. The lowest BCUT2D eigenvalue weighted by atomic mass is 9.99. The monoisotopic (exact) mass is 371 g/mol. The van der Waals surface area contributed by atoms with Gasteiger partial charge in [-0.3, -0.25) is 14.7 Å². The fourth-order valence-corrected chi connectivity index (χ4v) is 3.73. The highest BCUT2D eigenvalue weighted by atomic mass is 16.2. The summed E-state index contributed by atoms with van der Waals surface area (Å²) in [6.07, 6.45) is 3.09. The summed E-state index contributed by atoms with van der Waals surface area (Å²) in [5.41, 5.74) is 4.32. The molecule has 0 radical (unpaired) electrons. The number of nitrogens with zero attached hydrogens (tertiary/aromatic N) is 3. The van der Waals surface area contributed by atoms with Gasteiger partial charge in [-0.15, -0.1) is 0 Å². The van der Waals surface area contributed by atoms with E-state index in [-0.39, 0.29) is 29.0 Å². The molecule has 4 aromatic rings. The third-order valence-corrected chi connectivity index (χ3v) is 5.14. The van der Waals surface area contributed by atoms with E-state index in [9.17, 15) is 9.59 Å². The average molecular weight is 371 g/mol. The first-order valence-electron chi connectivity index (χ1n) is 9.11. The minimum Gasteiger partial charge on any atom is -0.344 e. The Kier molecular flexibility index (Phi) is 3.79. The van der Waals surface area contributed by atoms with E-state index < -0.39 is 0 Å². The number of carbonyl (C=O) groups is 1.